The first-order valence-electron chi connectivity index (χ1n) is 13.5. The van der Waals surface area contributed by atoms with Crippen LogP contribution in [0.25, 0.3) is 22.4 Å². The first-order valence-corrected chi connectivity index (χ1v) is 13.5. The summed E-state index contributed by atoms with van der Waals surface area (Å²) in [5, 5.41) is 16.3. The number of pyridine rings is 2. The topological polar surface area (TPSA) is 144 Å². The molecule has 1 aliphatic heterocycles. The number of ether oxygens (including phenoxy) is 2. The second-order valence-electron chi connectivity index (χ2n) is 10.9. The molecule has 3 atom stereocenters. The van der Waals surface area contributed by atoms with E-state index in [-0.39, 0.29) is 25.1 Å². The molecule has 0 spiro atoms. The zero-order chi connectivity index (χ0) is 29.0. The van der Waals surface area contributed by atoms with E-state index < -0.39 is 23.7 Å². The highest BCUT2D eigenvalue weighted by Gasteiger charge is 2.41. The van der Waals surface area contributed by atoms with Crippen molar-refractivity contribution in [2.24, 2.45) is 0 Å². The smallest absolute Gasteiger partial charge is 0.411 e. The van der Waals surface area contributed by atoms with Gasteiger partial charge in [0.15, 0.2) is 5.65 Å². The number of hydrogen-bond acceptors (Lipinski definition) is 9. The Labute approximate surface area is 234 Å². The van der Waals surface area contributed by atoms with Gasteiger partial charge in [0.25, 0.3) is 0 Å². The predicted molar refractivity (Wildman–Crippen MR) is 151 cm³/mol. The third-order valence-corrected chi connectivity index (χ3v) is 6.64. The third-order valence-electron chi connectivity index (χ3n) is 6.64. The van der Waals surface area contributed by atoms with E-state index in [2.05, 4.69) is 25.2 Å². The Balaban J connectivity index is 1.60. The maximum absolute atomic E-state index is 12.7. The molecule has 3 aromatic rings. The van der Waals surface area contributed by atoms with E-state index in [0.29, 0.717) is 31.2 Å². The zero-order valence-corrected chi connectivity index (χ0v) is 24.0. The molecule has 1 fully saturated rings. The van der Waals surface area contributed by atoms with Crippen LogP contribution >= 0.6 is 0 Å². The Bertz CT molecular complexity index is 1350. The van der Waals surface area contributed by atoms with Gasteiger partial charge in [-0.2, -0.15) is 0 Å². The number of likely N-dealkylation sites (tertiary alicyclic amines) is 1. The molecule has 0 bridgehead atoms. The van der Waals surface area contributed by atoms with Gasteiger partial charge in [-0.3, -0.25) is 4.90 Å². The molecule has 0 radical (unpaired) electrons. The number of likely N-dealkylation sites (N-methyl/N-ethyl adjacent to an activating group) is 1. The predicted octanol–water partition coefficient (Wildman–Crippen LogP) is 3.30. The van der Waals surface area contributed by atoms with Gasteiger partial charge in [-0.05, 0) is 59.9 Å². The van der Waals surface area contributed by atoms with Crippen LogP contribution in [0.3, 0.4) is 0 Å². The Hall–Kier alpha value is -3.77. The second-order valence-corrected chi connectivity index (χ2v) is 10.9. The molecule has 3 N–H and O–H groups in total. The second kappa shape index (κ2) is 12.2. The maximum atomic E-state index is 12.7. The minimum Gasteiger partial charge on any atom is -0.480 e. The Morgan fingerprint density at radius 3 is 2.67 bits per heavy atom. The van der Waals surface area contributed by atoms with E-state index >= 15 is 0 Å². The molecular formula is C28H39N7O5. The van der Waals surface area contributed by atoms with Crippen molar-refractivity contribution in [3.8, 4) is 11.3 Å². The summed E-state index contributed by atoms with van der Waals surface area (Å²) in [6.07, 6.45) is 1.27. The molecule has 4 heterocycles. The van der Waals surface area contributed by atoms with Gasteiger partial charge in [0, 0.05) is 43.9 Å². The van der Waals surface area contributed by atoms with Crippen LogP contribution in [-0.2, 0) is 20.8 Å². The van der Waals surface area contributed by atoms with Gasteiger partial charge < -0.3 is 29.8 Å². The van der Waals surface area contributed by atoms with Crippen LogP contribution in [0.4, 0.5) is 10.6 Å². The molecule has 0 saturated carbocycles. The number of carbonyl (C=O) groups is 2. The van der Waals surface area contributed by atoms with E-state index in [4.69, 9.17) is 14.5 Å². The fraction of sp³-hybridized carbons (Fsp3) is 0.536. The summed E-state index contributed by atoms with van der Waals surface area (Å²) in [6.45, 7) is 11.3. The molecule has 40 heavy (non-hydrogen) atoms. The molecule has 1 unspecified atom stereocenters. The lowest BCUT2D eigenvalue weighted by Gasteiger charge is -2.26. The van der Waals surface area contributed by atoms with Gasteiger partial charge >= 0.3 is 12.1 Å². The molecular weight excluding hydrogens is 514 g/mol. The number of rotatable bonds is 10. The van der Waals surface area contributed by atoms with Crippen molar-refractivity contribution in [2.75, 3.05) is 32.1 Å². The molecule has 3 aromatic heterocycles. The number of carboxylic acid groups (broad SMARTS) is 1. The highest BCUT2D eigenvalue weighted by molar-refractivity contribution is 5.89. The molecule has 12 heteroatoms. The normalized spacial score (nSPS) is 18.2. The van der Waals surface area contributed by atoms with Gasteiger partial charge in [0.2, 0.25) is 0 Å². The summed E-state index contributed by atoms with van der Waals surface area (Å²) in [4.78, 5) is 39.9. The first kappa shape index (κ1) is 29.2. The van der Waals surface area contributed by atoms with Crippen LogP contribution in [0.5, 0.6) is 0 Å². The number of amides is 1. The molecule has 216 valence electrons. The largest absolute Gasteiger partial charge is 0.480 e. The molecule has 4 rings (SSSR count). The van der Waals surface area contributed by atoms with Gasteiger partial charge in [0.05, 0.1) is 23.9 Å². The number of aryl methyl sites for hydroxylation is 1. The molecule has 0 aliphatic carbocycles. The summed E-state index contributed by atoms with van der Waals surface area (Å²) in [7, 11) is 1.90. The van der Waals surface area contributed by atoms with Gasteiger partial charge in [-0.25, -0.2) is 24.5 Å². The van der Waals surface area contributed by atoms with Crippen molar-refractivity contribution in [3.63, 3.8) is 0 Å². The molecule has 1 amide bonds. The van der Waals surface area contributed by atoms with Gasteiger partial charge in [-0.15, -0.1) is 0 Å². The van der Waals surface area contributed by atoms with E-state index in [1.54, 1.807) is 27.0 Å². The summed E-state index contributed by atoms with van der Waals surface area (Å²) in [6, 6.07) is 6.26. The van der Waals surface area contributed by atoms with E-state index in [9.17, 15) is 14.7 Å². The van der Waals surface area contributed by atoms with E-state index in [1.165, 1.54) is 4.90 Å². The van der Waals surface area contributed by atoms with Crippen molar-refractivity contribution >= 4 is 29.0 Å². The summed E-state index contributed by atoms with van der Waals surface area (Å²) in [5.41, 5.74) is 2.37. The number of imidazole rings is 1. The van der Waals surface area contributed by atoms with Crippen LogP contribution in [-0.4, -0.2) is 92.1 Å². The zero-order valence-electron chi connectivity index (χ0n) is 24.0. The third kappa shape index (κ3) is 6.68. The fourth-order valence-electron chi connectivity index (χ4n) is 5.01. The highest BCUT2D eigenvalue weighted by Crippen LogP contribution is 2.29. The first-order chi connectivity index (χ1) is 19.0. The summed E-state index contributed by atoms with van der Waals surface area (Å²) >= 11 is 0. The Morgan fingerprint density at radius 1 is 1.23 bits per heavy atom. The number of carboxylic acids is 1. The van der Waals surface area contributed by atoms with Crippen molar-refractivity contribution in [1.29, 1.82) is 0 Å². The summed E-state index contributed by atoms with van der Waals surface area (Å²) < 4.78 is 13.5. The lowest BCUT2D eigenvalue weighted by Crippen LogP contribution is -2.43. The van der Waals surface area contributed by atoms with Crippen molar-refractivity contribution in [2.45, 2.75) is 71.4 Å². The van der Waals surface area contributed by atoms with Crippen LogP contribution in [0.1, 0.15) is 39.9 Å². The maximum Gasteiger partial charge on any atom is 0.411 e. The monoisotopic (exact) mass is 553 g/mol. The minimum atomic E-state index is -1.07. The van der Waals surface area contributed by atoms with Crippen LogP contribution < -0.4 is 10.6 Å². The molecule has 0 aromatic carbocycles. The van der Waals surface area contributed by atoms with Crippen LogP contribution in [0.15, 0.2) is 30.5 Å². The van der Waals surface area contributed by atoms with E-state index in [1.807, 2.05) is 45.2 Å². The lowest BCUT2D eigenvalue weighted by molar-refractivity contribution is -0.142. The Morgan fingerprint density at radius 2 is 2.00 bits per heavy atom. The number of anilines is 1. The Kier molecular flexibility index (Phi) is 8.89. The summed E-state index contributed by atoms with van der Waals surface area (Å²) in [5.74, 6) is 0.342. The number of hydrogen-bond donors (Lipinski definition) is 3. The van der Waals surface area contributed by atoms with Crippen molar-refractivity contribution in [3.05, 3.63) is 36.3 Å². The van der Waals surface area contributed by atoms with Gasteiger partial charge in [0.1, 0.15) is 23.3 Å². The standard InChI is InChI=1S/C28H39N7O5/c1-7-39-19(14-29-6)16-34-17(2)31-25-24(34)20(11-12-30-25)21-9-8-10-23(33-21)32-18-13-22(26(36)37)35(15-18)27(38)40-28(3,4)5/h8-12,18-19,22,29H,7,13-16H2,1-6H3,(H,32,33)(H,36,37)/t18-,19?,22-/m0/s1. The highest BCUT2D eigenvalue weighted by atomic mass is 16.6. The minimum absolute atomic E-state index is 0.0439. The number of aliphatic carboxylic acids is 1. The average Bonchev–Trinajstić information content (AvgIpc) is 3.44. The molecule has 12 nitrogen and oxygen atoms in total. The number of nitrogens with one attached hydrogen (secondary N) is 2. The molecule has 1 aliphatic rings. The van der Waals surface area contributed by atoms with Crippen molar-refractivity contribution in [1.82, 2.24) is 29.7 Å². The number of carbonyl (C=O) groups excluding carboxylic acids is 1. The van der Waals surface area contributed by atoms with Crippen LogP contribution in [0.2, 0.25) is 0 Å². The number of aromatic nitrogens is 4. The number of fused-ring (bicyclic) bond motifs is 1. The van der Waals surface area contributed by atoms with Crippen molar-refractivity contribution < 1.29 is 24.2 Å². The van der Waals surface area contributed by atoms with Gasteiger partial charge in [-0.1, -0.05) is 6.07 Å². The fourth-order valence-corrected chi connectivity index (χ4v) is 5.01. The number of nitrogens with zero attached hydrogens (tertiary/aromatic N) is 5. The van der Waals surface area contributed by atoms with E-state index in [0.717, 1.165) is 22.6 Å². The quantitative estimate of drug-likeness (QED) is 0.342. The SMILES string of the molecule is CCOC(CNC)Cn1c(C)nc2nccc(-c3cccc(N[C@H]4C[C@@H](C(=O)O)N(C(=O)OC(C)(C)C)C4)n3)c21. The average molecular weight is 554 g/mol. The molecule has 1 saturated heterocycles. The lowest BCUT2D eigenvalue weighted by atomic mass is 10.1. The van der Waals surface area contributed by atoms with Crippen LogP contribution in [0, 0.1) is 6.92 Å².